The van der Waals surface area contributed by atoms with E-state index in [-0.39, 0.29) is 12.5 Å². The molecule has 0 saturated carbocycles. The maximum atomic E-state index is 12.7. The summed E-state index contributed by atoms with van der Waals surface area (Å²) in [5.41, 5.74) is 2.23. The lowest BCUT2D eigenvalue weighted by Crippen LogP contribution is -2.51. The Labute approximate surface area is 143 Å². The number of nitrogens with zero attached hydrogens (tertiary/aromatic N) is 7. The van der Waals surface area contributed by atoms with Crippen LogP contribution in [-0.4, -0.2) is 57.2 Å². The lowest BCUT2D eigenvalue weighted by atomic mass is 10.2. The van der Waals surface area contributed by atoms with Crippen LogP contribution in [0.4, 0.5) is 11.5 Å². The molecule has 9 heteroatoms. The van der Waals surface area contributed by atoms with E-state index in [2.05, 4.69) is 19.9 Å². The monoisotopic (exact) mass is 339 g/mol. The van der Waals surface area contributed by atoms with Gasteiger partial charge in [0.2, 0.25) is 11.8 Å². The summed E-state index contributed by atoms with van der Waals surface area (Å²) >= 11 is 0. The van der Waals surface area contributed by atoms with Gasteiger partial charge in [0.25, 0.3) is 0 Å². The third kappa shape index (κ3) is 2.63. The summed E-state index contributed by atoms with van der Waals surface area (Å²) in [6.07, 6.45) is 4.84. The first-order valence-corrected chi connectivity index (χ1v) is 7.85. The van der Waals surface area contributed by atoms with Crippen LogP contribution >= 0.6 is 0 Å². The van der Waals surface area contributed by atoms with Crippen LogP contribution in [-0.2, 0) is 11.8 Å². The van der Waals surface area contributed by atoms with Crippen molar-refractivity contribution in [2.75, 3.05) is 36.5 Å². The maximum absolute atomic E-state index is 12.7. The molecule has 1 fully saturated rings. The number of imidazole rings is 1. The van der Waals surface area contributed by atoms with Crippen molar-refractivity contribution in [2.45, 2.75) is 0 Å². The Kier molecular flexibility index (Phi) is 3.68. The van der Waals surface area contributed by atoms with Crippen LogP contribution in [0.15, 0.2) is 31.0 Å². The van der Waals surface area contributed by atoms with Crippen molar-refractivity contribution >= 4 is 28.6 Å². The summed E-state index contributed by atoms with van der Waals surface area (Å²) < 4.78 is 6.97. The molecule has 0 unspecified atom stereocenters. The van der Waals surface area contributed by atoms with Gasteiger partial charge in [0.05, 0.1) is 25.7 Å². The Hall–Kier alpha value is -3.23. The maximum Gasteiger partial charge on any atom is 0.246 e. The number of carbonyl (C=O) groups is 1. The van der Waals surface area contributed by atoms with Gasteiger partial charge in [0, 0.05) is 32.4 Å². The minimum atomic E-state index is -0.0119. The summed E-state index contributed by atoms with van der Waals surface area (Å²) in [4.78, 5) is 33.4. The molecule has 0 atom stereocenters. The number of carbonyl (C=O) groups excluding carboxylic acids is 1. The molecule has 1 aliphatic rings. The van der Waals surface area contributed by atoms with E-state index in [0.29, 0.717) is 30.3 Å². The zero-order chi connectivity index (χ0) is 17.4. The summed E-state index contributed by atoms with van der Waals surface area (Å²) in [6, 6.07) is 3.56. The number of pyridine rings is 1. The number of aryl methyl sites for hydroxylation is 1. The molecular weight excluding hydrogens is 322 g/mol. The highest BCUT2D eigenvalue weighted by Crippen LogP contribution is 2.25. The fraction of sp³-hybridized carbons (Fsp3) is 0.312. The molecule has 128 valence electrons. The van der Waals surface area contributed by atoms with Crippen molar-refractivity contribution in [1.29, 1.82) is 0 Å². The van der Waals surface area contributed by atoms with Crippen molar-refractivity contribution < 1.29 is 9.53 Å². The molecule has 1 amide bonds. The molecule has 0 bridgehead atoms. The van der Waals surface area contributed by atoms with Crippen LogP contribution in [0, 0.1) is 0 Å². The Morgan fingerprint density at radius 3 is 2.84 bits per heavy atom. The van der Waals surface area contributed by atoms with Gasteiger partial charge in [-0.05, 0) is 6.07 Å². The zero-order valence-electron chi connectivity index (χ0n) is 14.0. The third-order valence-corrected chi connectivity index (χ3v) is 4.24. The summed E-state index contributed by atoms with van der Waals surface area (Å²) in [5, 5.41) is 0. The van der Waals surface area contributed by atoms with Gasteiger partial charge in [0.15, 0.2) is 17.0 Å². The van der Waals surface area contributed by atoms with Gasteiger partial charge in [-0.1, -0.05) is 0 Å². The van der Waals surface area contributed by atoms with Gasteiger partial charge in [-0.2, -0.15) is 0 Å². The number of aromatic nitrogens is 5. The normalized spacial score (nSPS) is 15.0. The molecule has 0 spiro atoms. The number of piperazine rings is 1. The molecule has 0 N–H and O–H groups in total. The number of amides is 1. The SMILES string of the molecule is COc1cc(N2CCN(c3ncnc4c3ncn4C)CC2=O)ccn1. The average Bonchev–Trinajstić information content (AvgIpc) is 3.03. The molecule has 1 aliphatic heterocycles. The number of rotatable bonds is 3. The first kappa shape index (κ1) is 15.3. The molecule has 0 aliphatic carbocycles. The Bertz CT molecular complexity index is 939. The van der Waals surface area contributed by atoms with Crippen molar-refractivity contribution in [1.82, 2.24) is 24.5 Å². The molecule has 25 heavy (non-hydrogen) atoms. The van der Waals surface area contributed by atoms with E-state index in [4.69, 9.17) is 4.74 Å². The zero-order valence-corrected chi connectivity index (χ0v) is 14.0. The van der Waals surface area contributed by atoms with E-state index in [1.165, 1.54) is 6.33 Å². The number of methoxy groups -OCH3 is 1. The summed E-state index contributed by atoms with van der Waals surface area (Å²) in [5.74, 6) is 1.16. The molecule has 9 nitrogen and oxygen atoms in total. The Morgan fingerprint density at radius 1 is 1.16 bits per heavy atom. The summed E-state index contributed by atoms with van der Waals surface area (Å²) in [6.45, 7) is 1.43. The molecule has 1 saturated heterocycles. The smallest absolute Gasteiger partial charge is 0.246 e. The van der Waals surface area contributed by atoms with E-state index in [1.54, 1.807) is 36.7 Å². The van der Waals surface area contributed by atoms with Crippen molar-refractivity contribution in [3.63, 3.8) is 0 Å². The number of hydrogen-bond donors (Lipinski definition) is 0. The van der Waals surface area contributed by atoms with Crippen molar-refractivity contribution in [3.05, 3.63) is 31.0 Å². The second-order valence-corrected chi connectivity index (χ2v) is 5.75. The van der Waals surface area contributed by atoms with Crippen LogP contribution in [0.25, 0.3) is 11.2 Å². The second-order valence-electron chi connectivity index (χ2n) is 5.75. The Balaban J connectivity index is 1.59. The minimum Gasteiger partial charge on any atom is -0.481 e. The predicted molar refractivity (Wildman–Crippen MR) is 91.7 cm³/mol. The minimum absolute atomic E-state index is 0.0119. The van der Waals surface area contributed by atoms with Gasteiger partial charge in [-0.15, -0.1) is 0 Å². The summed E-state index contributed by atoms with van der Waals surface area (Å²) in [7, 11) is 3.44. The largest absolute Gasteiger partial charge is 0.481 e. The first-order valence-electron chi connectivity index (χ1n) is 7.85. The lowest BCUT2D eigenvalue weighted by molar-refractivity contribution is -0.117. The third-order valence-electron chi connectivity index (χ3n) is 4.24. The van der Waals surface area contributed by atoms with Crippen LogP contribution in [0.2, 0.25) is 0 Å². The van der Waals surface area contributed by atoms with Gasteiger partial charge in [0.1, 0.15) is 6.33 Å². The van der Waals surface area contributed by atoms with Gasteiger partial charge in [-0.3, -0.25) is 4.79 Å². The Morgan fingerprint density at radius 2 is 2.04 bits per heavy atom. The highest BCUT2D eigenvalue weighted by atomic mass is 16.5. The van der Waals surface area contributed by atoms with Gasteiger partial charge >= 0.3 is 0 Å². The molecule has 3 aromatic rings. The van der Waals surface area contributed by atoms with Crippen LogP contribution in [0.1, 0.15) is 0 Å². The highest BCUT2D eigenvalue weighted by molar-refractivity contribution is 5.98. The second kappa shape index (κ2) is 6.00. The first-order chi connectivity index (χ1) is 12.2. The van der Waals surface area contributed by atoms with Crippen molar-refractivity contribution in [2.24, 2.45) is 7.05 Å². The number of anilines is 2. The number of hydrogen-bond acceptors (Lipinski definition) is 7. The molecule has 0 aromatic carbocycles. The van der Waals surface area contributed by atoms with Crippen LogP contribution < -0.4 is 14.5 Å². The van der Waals surface area contributed by atoms with Crippen LogP contribution in [0.5, 0.6) is 5.88 Å². The van der Waals surface area contributed by atoms with E-state index in [9.17, 15) is 4.79 Å². The standard InChI is InChI=1S/C16H17N7O2/c1-21-10-20-14-15(21)18-9-19-16(14)22-5-6-23(13(24)8-22)11-3-4-17-12(7-11)25-2/h3-4,7,9-10H,5-6,8H2,1-2H3. The number of fused-ring (bicyclic) bond motifs is 1. The average molecular weight is 339 g/mol. The van der Waals surface area contributed by atoms with E-state index in [0.717, 1.165) is 11.3 Å². The molecule has 0 radical (unpaired) electrons. The molecule has 4 rings (SSSR count). The van der Waals surface area contributed by atoms with Crippen molar-refractivity contribution in [3.8, 4) is 5.88 Å². The topological polar surface area (TPSA) is 89.3 Å². The van der Waals surface area contributed by atoms with E-state index in [1.807, 2.05) is 16.5 Å². The van der Waals surface area contributed by atoms with Gasteiger partial charge in [-0.25, -0.2) is 19.9 Å². The van der Waals surface area contributed by atoms with E-state index >= 15 is 0 Å². The van der Waals surface area contributed by atoms with Gasteiger partial charge < -0.3 is 19.1 Å². The predicted octanol–water partition coefficient (Wildman–Crippen LogP) is 0.620. The molecule has 3 aromatic heterocycles. The van der Waals surface area contributed by atoms with Crippen LogP contribution in [0.3, 0.4) is 0 Å². The van der Waals surface area contributed by atoms with E-state index < -0.39 is 0 Å². The number of ether oxygens (including phenoxy) is 1. The molecular formula is C16H17N7O2. The lowest BCUT2D eigenvalue weighted by Gasteiger charge is -2.34. The fourth-order valence-corrected chi connectivity index (χ4v) is 2.97. The highest BCUT2D eigenvalue weighted by Gasteiger charge is 2.28. The molecule has 4 heterocycles. The fourth-order valence-electron chi connectivity index (χ4n) is 2.97. The quantitative estimate of drug-likeness (QED) is 0.691.